The number of hydrogen-bond acceptors (Lipinski definition) is 3. The predicted octanol–water partition coefficient (Wildman–Crippen LogP) is 3.68. The fourth-order valence-electron chi connectivity index (χ4n) is 3.41. The molecular weight excluding hydrogens is 364 g/mol. The minimum atomic E-state index is -0.0810. The van der Waals surface area contributed by atoms with Crippen LogP contribution in [0.25, 0.3) is 11.0 Å². The molecule has 0 atom stereocenters. The SMILES string of the molecule is Cn1c(NC(=O)CCCc2ccc3c(c2)CC(=O)N3)nc2cccc(Cl)c21. The average Bonchev–Trinajstić information content (AvgIpc) is 3.14. The summed E-state index contributed by atoms with van der Waals surface area (Å²) in [6.07, 6.45) is 2.32. The van der Waals surface area contributed by atoms with Gasteiger partial charge >= 0.3 is 0 Å². The van der Waals surface area contributed by atoms with Crippen LogP contribution in [0.2, 0.25) is 5.02 Å². The summed E-state index contributed by atoms with van der Waals surface area (Å²) in [5.74, 6) is 0.442. The zero-order chi connectivity index (χ0) is 19.0. The van der Waals surface area contributed by atoms with Gasteiger partial charge in [0.05, 0.1) is 22.5 Å². The maximum atomic E-state index is 12.3. The summed E-state index contributed by atoms with van der Waals surface area (Å²) in [5.41, 5.74) is 4.60. The van der Waals surface area contributed by atoms with Gasteiger partial charge in [0, 0.05) is 19.2 Å². The molecule has 0 saturated heterocycles. The third kappa shape index (κ3) is 3.53. The topological polar surface area (TPSA) is 76.0 Å². The number of rotatable bonds is 5. The zero-order valence-electron chi connectivity index (χ0n) is 14.9. The van der Waals surface area contributed by atoms with E-state index in [0.717, 1.165) is 40.7 Å². The quantitative estimate of drug-likeness (QED) is 0.706. The molecule has 0 bridgehead atoms. The van der Waals surface area contributed by atoms with E-state index in [9.17, 15) is 9.59 Å². The van der Waals surface area contributed by atoms with Crippen LogP contribution in [0.1, 0.15) is 24.0 Å². The summed E-state index contributed by atoms with van der Waals surface area (Å²) in [6, 6.07) is 11.5. The van der Waals surface area contributed by atoms with E-state index in [1.165, 1.54) is 0 Å². The Labute approximate surface area is 161 Å². The van der Waals surface area contributed by atoms with Gasteiger partial charge in [0.2, 0.25) is 17.8 Å². The number of carbonyl (C=O) groups excluding carboxylic acids is 2. The third-order valence-corrected chi connectivity index (χ3v) is 5.07. The van der Waals surface area contributed by atoms with E-state index in [2.05, 4.69) is 15.6 Å². The van der Waals surface area contributed by atoms with Crippen LogP contribution in [-0.2, 0) is 29.5 Å². The van der Waals surface area contributed by atoms with Crippen molar-refractivity contribution < 1.29 is 9.59 Å². The molecule has 7 heteroatoms. The largest absolute Gasteiger partial charge is 0.326 e. The molecule has 138 valence electrons. The lowest BCUT2D eigenvalue weighted by Crippen LogP contribution is -2.14. The lowest BCUT2D eigenvalue weighted by atomic mass is 10.0. The van der Waals surface area contributed by atoms with E-state index >= 15 is 0 Å². The second kappa shape index (κ2) is 7.04. The molecule has 0 saturated carbocycles. The molecule has 6 nitrogen and oxygen atoms in total. The maximum Gasteiger partial charge on any atom is 0.228 e. The second-order valence-electron chi connectivity index (χ2n) is 6.72. The highest BCUT2D eigenvalue weighted by Gasteiger charge is 2.17. The number of carbonyl (C=O) groups is 2. The number of imidazole rings is 1. The minimum Gasteiger partial charge on any atom is -0.326 e. The summed E-state index contributed by atoms with van der Waals surface area (Å²) >= 11 is 6.21. The lowest BCUT2D eigenvalue weighted by Gasteiger charge is -2.07. The number of amides is 2. The van der Waals surface area contributed by atoms with Gasteiger partial charge in [0.25, 0.3) is 0 Å². The van der Waals surface area contributed by atoms with Crippen molar-refractivity contribution in [1.29, 1.82) is 0 Å². The number of hydrogen-bond donors (Lipinski definition) is 2. The van der Waals surface area contributed by atoms with E-state index in [1.54, 1.807) is 10.6 Å². The van der Waals surface area contributed by atoms with Gasteiger partial charge in [-0.3, -0.25) is 14.9 Å². The van der Waals surface area contributed by atoms with Crippen molar-refractivity contribution in [2.45, 2.75) is 25.7 Å². The number of nitrogens with one attached hydrogen (secondary N) is 2. The second-order valence-corrected chi connectivity index (χ2v) is 7.13. The molecule has 0 radical (unpaired) electrons. The Bertz CT molecular complexity index is 1060. The van der Waals surface area contributed by atoms with Crippen LogP contribution in [0.15, 0.2) is 36.4 Å². The van der Waals surface area contributed by atoms with Crippen molar-refractivity contribution in [2.24, 2.45) is 7.05 Å². The van der Waals surface area contributed by atoms with E-state index in [-0.39, 0.29) is 11.8 Å². The van der Waals surface area contributed by atoms with Crippen molar-refractivity contribution in [3.63, 3.8) is 0 Å². The lowest BCUT2D eigenvalue weighted by molar-refractivity contribution is -0.116. The van der Waals surface area contributed by atoms with Crippen LogP contribution >= 0.6 is 11.6 Å². The molecule has 2 heterocycles. The number of aromatic nitrogens is 2. The Morgan fingerprint density at radius 3 is 3.00 bits per heavy atom. The van der Waals surface area contributed by atoms with E-state index in [4.69, 9.17) is 11.6 Å². The van der Waals surface area contributed by atoms with Gasteiger partial charge in [0.15, 0.2) is 0 Å². The van der Waals surface area contributed by atoms with E-state index in [1.807, 2.05) is 37.4 Å². The van der Waals surface area contributed by atoms with Gasteiger partial charge in [-0.2, -0.15) is 0 Å². The Morgan fingerprint density at radius 2 is 2.19 bits per heavy atom. The smallest absolute Gasteiger partial charge is 0.228 e. The highest BCUT2D eigenvalue weighted by atomic mass is 35.5. The molecule has 0 spiro atoms. The molecule has 27 heavy (non-hydrogen) atoms. The average molecular weight is 383 g/mol. The Morgan fingerprint density at radius 1 is 1.33 bits per heavy atom. The minimum absolute atomic E-state index is 0.0316. The van der Waals surface area contributed by atoms with Gasteiger partial charge in [-0.15, -0.1) is 0 Å². The Hall–Kier alpha value is -2.86. The molecule has 1 aromatic heterocycles. The van der Waals surface area contributed by atoms with Crippen molar-refractivity contribution in [3.8, 4) is 0 Å². The van der Waals surface area contributed by atoms with Crippen LogP contribution in [-0.4, -0.2) is 21.4 Å². The van der Waals surface area contributed by atoms with Gasteiger partial charge in [-0.05, 0) is 42.2 Å². The molecule has 0 fully saturated rings. The molecule has 0 unspecified atom stereocenters. The first-order chi connectivity index (χ1) is 13.0. The third-order valence-electron chi connectivity index (χ3n) is 4.76. The zero-order valence-corrected chi connectivity index (χ0v) is 15.6. The van der Waals surface area contributed by atoms with Crippen LogP contribution in [0.3, 0.4) is 0 Å². The number of fused-ring (bicyclic) bond motifs is 2. The summed E-state index contributed by atoms with van der Waals surface area (Å²) in [4.78, 5) is 28.1. The Kier molecular flexibility index (Phi) is 4.58. The van der Waals surface area contributed by atoms with Gasteiger partial charge in [-0.1, -0.05) is 29.8 Å². The normalized spacial score (nSPS) is 12.9. The summed E-state index contributed by atoms with van der Waals surface area (Å²) in [5, 5.41) is 6.29. The number of halogens is 1. The summed E-state index contributed by atoms with van der Waals surface area (Å²) < 4.78 is 1.79. The molecule has 1 aliphatic heterocycles. The van der Waals surface area contributed by atoms with Crippen LogP contribution in [0.4, 0.5) is 11.6 Å². The van der Waals surface area contributed by atoms with Gasteiger partial charge in [-0.25, -0.2) is 4.98 Å². The van der Waals surface area contributed by atoms with E-state index in [0.29, 0.717) is 23.8 Å². The summed E-state index contributed by atoms with van der Waals surface area (Å²) in [6.45, 7) is 0. The monoisotopic (exact) mass is 382 g/mol. The molecule has 2 amide bonds. The van der Waals surface area contributed by atoms with Gasteiger partial charge in [0.1, 0.15) is 0 Å². The number of para-hydroxylation sites is 1. The number of anilines is 2. The molecule has 0 aliphatic carbocycles. The molecule has 4 rings (SSSR count). The fourth-order valence-corrected chi connectivity index (χ4v) is 3.71. The molecule has 3 aromatic rings. The van der Waals surface area contributed by atoms with Crippen LogP contribution in [0, 0.1) is 0 Å². The first-order valence-electron chi connectivity index (χ1n) is 8.84. The molecule has 2 aromatic carbocycles. The van der Waals surface area contributed by atoms with Crippen molar-refractivity contribution in [1.82, 2.24) is 9.55 Å². The number of nitrogens with zero attached hydrogens (tertiary/aromatic N) is 2. The number of aryl methyl sites for hydroxylation is 2. The predicted molar refractivity (Wildman–Crippen MR) is 106 cm³/mol. The molecular formula is C20H19ClN4O2. The fraction of sp³-hybridized carbons (Fsp3) is 0.250. The van der Waals surface area contributed by atoms with Crippen LogP contribution < -0.4 is 10.6 Å². The van der Waals surface area contributed by atoms with Gasteiger partial charge < -0.3 is 9.88 Å². The van der Waals surface area contributed by atoms with Crippen molar-refractivity contribution >= 4 is 46.1 Å². The summed E-state index contributed by atoms with van der Waals surface area (Å²) in [7, 11) is 1.83. The van der Waals surface area contributed by atoms with E-state index < -0.39 is 0 Å². The van der Waals surface area contributed by atoms with Crippen molar-refractivity contribution in [3.05, 3.63) is 52.5 Å². The number of benzene rings is 2. The maximum absolute atomic E-state index is 12.3. The molecule has 1 aliphatic rings. The first-order valence-corrected chi connectivity index (χ1v) is 9.21. The first kappa shape index (κ1) is 17.5. The van der Waals surface area contributed by atoms with Crippen molar-refractivity contribution in [2.75, 3.05) is 10.6 Å². The highest BCUT2D eigenvalue weighted by molar-refractivity contribution is 6.35. The van der Waals surface area contributed by atoms with Crippen LogP contribution in [0.5, 0.6) is 0 Å². The standard InChI is InChI=1S/C20H19ClN4O2/c1-25-19-14(21)5-3-6-16(19)23-20(25)24-17(26)7-2-4-12-8-9-15-13(10-12)11-18(27)22-15/h3,5-6,8-10H,2,4,7,11H2,1H3,(H,22,27)(H,23,24,26). The molecule has 2 N–H and O–H groups in total. The highest BCUT2D eigenvalue weighted by Crippen LogP contribution is 2.26. The Balaban J connectivity index is 1.35.